The molecule has 4 heteroatoms. The number of aliphatic carboxylic acids is 1. The van der Waals surface area contributed by atoms with Crippen molar-refractivity contribution < 1.29 is 14.6 Å². The summed E-state index contributed by atoms with van der Waals surface area (Å²) in [6.45, 7) is 6.88. The molecule has 1 aliphatic rings. The third-order valence-corrected chi connectivity index (χ3v) is 2.45. The van der Waals surface area contributed by atoms with Crippen LogP contribution in [0.1, 0.15) is 13.8 Å². The van der Waals surface area contributed by atoms with E-state index in [1.165, 1.54) is 0 Å². The first-order valence-corrected chi connectivity index (χ1v) is 4.85. The second kappa shape index (κ2) is 5.12. The maximum Gasteiger partial charge on any atom is 0.331 e. The van der Waals surface area contributed by atoms with E-state index in [0.29, 0.717) is 5.57 Å². The van der Waals surface area contributed by atoms with E-state index in [2.05, 4.69) is 4.90 Å². The average Bonchev–Trinajstić information content (AvgIpc) is 2.19. The lowest BCUT2D eigenvalue weighted by Crippen LogP contribution is -2.41. The van der Waals surface area contributed by atoms with E-state index < -0.39 is 5.97 Å². The van der Waals surface area contributed by atoms with Crippen LogP contribution >= 0.6 is 0 Å². The van der Waals surface area contributed by atoms with Crippen molar-refractivity contribution in [3.63, 3.8) is 0 Å². The molecular formula is C10H17NO3. The van der Waals surface area contributed by atoms with Gasteiger partial charge >= 0.3 is 5.97 Å². The quantitative estimate of drug-likeness (QED) is 0.681. The topological polar surface area (TPSA) is 49.8 Å². The van der Waals surface area contributed by atoms with Crippen molar-refractivity contribution in [3.05, 3.63) is 11.6 Å². The zero-order valence-electron chi connectivity index (χ0n) is 8.69. The van der Waals surface area contributed by atoms with Crippen LogP contribution in [0.4, 0.5) is 0 Å². The van der Waals surface area contributed by atoms with Gasteiger partial charge in [0.05, 0.1) is 13.2 Å². The molecular weight excluding hydrogens is 182 g/mol. The SMILES string of the molecule is C/C(=C\C(C)N1CCOCC1)C(=O)O. The summed E-state index contributed by atoms with van der Waals surface area (Å²) >= 11 is 0. The van der Waals surface area contributed by atoms with Crippen molar-refractivity contribution in [1.82, 2.24) is 4.90 Å². The van der Waals surface area contributed by atoms with Gasteiger partial charge in [0.1, 0.15) is 0 Å². The number of carboxylic acid groups (broad SMARTS) is 1. The number of morpholine rings is 1. The van der Waals surface area contributed by atoms with Gasteiger partial charge in [0.2, 0.25) is 0 Å². The first-order valence-electron chi connectivity index (χ1n) is 4.85. The Morgan fingerprint density at radius 3 is 2.57 bits per heavy atom. The highest BCUT2D eigenvalue weighted by Crippen LogP contribution is 2.07. The standard InChI is InChI=1S/C10H17NO3/c1-8(10(12)13)7-9(2)11-3-5-14-6-4-11/h7,9H,3-6H2,1-2H3,(H,12,13)/b8-7+. The Hall–Kier alpha value is -0.870. The lowest BCUT2D eigenvalue weighted by molar-refractivity contribution is -0.132. The molecule has 14 heavy (non-hydrogen) atoms. The molecule has 1 heterocycles. The van der Waals surface area contributed by atoms with Gasteiger partial charge in [-0.15, -0.1) is 0 Å². The van der Waals surface area contributed by atoms with Crippen molar-refractivity contribution in [3.8, 4) is 0 Å². The van der Waals surface area contributed by atoms with Crippen LogP contribution in [0, 0.1) is 0 Å². The summed E-state index contributed by atoms with van der Waals surface area (Å²) in [5.41, 5.74) is 0.406. The molecule has 0 aromatic carbocycles. The molecule has 0 aromatic heterocycles. The van der Waals surface area contributed by atoms with Gasteiger partial charge in [0, 0.05) is 24.7 Å². The van der Waals surface area contributed by atoms with Crippen LogP contribution in [0.2, 0.25) is 0 Å². The van der Waals surface area contributed by atoms with Crippen molar-refractivity contribution in [2.24, 2.45) is 0 Å². The van der Waals surface area contributed by atoms with Crippen LogP contribution in [0.3, 0.4) is 0 Å². The van der Waals surface area contributed by atoms with Crippen LogP contribution in [-0.4, -0.2) is 48.3 Å². The molecule has 1 atom stereocenters. The van der Waals surface area contributed by atoms with E-state index in [4.69, 9.17) is 9.84 Å². The van der Waals surface area contributed by atoms with Crippen LogP contribution in [0.15, 0.2) is 11.6 Å². The van der Waals surface area contributed by atoms with E-state index in [1.807, 2.05) is 6.92 Å². The van der Waals surface area contributed by atoms with Gasteiger partial charge < -0.3 is 9.84 Å². The van der Waals surface area contributed by atoms with Crippen LogP contribution in [0.5, 0.6) is 0 Å². The van der Waals surface area contributed by atoms with Gasteiger partial charge in [-0.2, -0.15) is 0 Å². The van der Waals surface area contributed by atoms with Crippen molar-refractivity contribution >= 4 is 5.97 Å². The number of nitrogens with zero attached hydrogens (tertiary/aromatic N) is 1. The molecule has 0 aromatic rings. The Kier molecular flexibility index (Phi) is 4.10. The molecule has 0 spiro atoms. The number of carbonyl (C=O) groups is 1. The number of rotatable bonds is 3. The van der Waals surface area contributed by atoms with Gasteiger partial charge in [0.25, 0.3) is 0 Å². The van der Waals surface area contributed by atoms with Gasteiger partial charge in [-0.25, -0.2) is 4.79 Å². The highest BCUT2D eigenvalue weighted by Gasteiger charge is 2.15. The monoisotopic (exact) mass is 199 g/mol. The molecule has 1 aliphatic heterocycles. The third-order valence-electron chi connectivity index (χ3n) is 2.45. The molecule has 0 aliphatic carbocycles. The number of hydrogen-bond donors (Lipinski definition) is 1. The number of ether oxygens (including phenoxy) is 1. The van der Waals surface area contributed by atoms with Gasteiger partial charge in [0.15, 0.2) is 0 Å². The predicted octanol–water partition coefficient (Wildman–Crippen LogP) is 0.738. The number of hydrogen-bond acceptors (Lipinski definition) is 3. The minimum absolute atomic E-state index is 0.176. The molecule has 1 unspecified atom stereocenters. The Morgan fingerprint density at radius 2 is 2.07 bits per heavy atom. The fraction of sp³-hybridized carbons (Fsp3) is 0.700. The molecule has 4 nitrogen and oxygen atoms in total. The zero-order chi connectivity index (χ0) is 10.6. The lowest BCUT2D eigenvalue weighted by atomic mass is 10.2. The molecule has 80 valence electrons. The van der Waals surface area contributed by atoms with Gasteiger partial charge in [-0.3, -0.25) is 4.90 Å². The van der Waals surface area contributed by atoms with Crippen LogP contribution in [-0.2, 0) is 9.53 Å². The second-order valence-electron chi connectivity index (χ2n) is 3.54. The molecule has 1 rings (SSSR count). The highest BCUT2D eigenvalue weighted by atomic mass is 16.5. The molecule has 1 N–H and O–H groups in total. The van der Waals surface area contributed by atoms with E-state index in [0.717, 1.165) is 26.3 Å². The average molecular weight is 199 g/mol. The fourth-order valence-electron chi connectivity index (χ4n) is 1.52. The summed E-state index contributed by atoms with van der Waals surface area (Å²) in [5, 5.41) is 8.72. The third kappa shape index (κ3) is 3.12. The summed E-state index contributed by atoms with van der Waals surface area (Å²) in [7, 11) is 0. The predicted molar refractivity (Wildman–Crippen MR) is 53.2 cm³/mol. The van der Waals surface area contributed by atoms with E-state index in [-0.39, 0.29) is 6.04 Å². The second-order valence-corrected chi connectivity index (χ2v) is 3.54. The van der Waals surface area contributed by atoms with E-state index in [9.17, 15) is 4.79 Å². The van der Waals surface area contributed by atoms with Crippen molar-refractivity contribution in [1.29, 1.82) is 0 Å². The van der Waals surface area contributed by atoms with Crippen molar-refractivity contribution in [2.75, 3.05) is 26.3 Å². The Labute approximate surface area is 84.2 Å². The molecule has 1 saturated heterocycles. The normalized spacial score (nSPS) is 22.0. The smallest absolute Gasteiger partial charge is 0.331 e. The number of carboxylic acids is 1. The molecule has 1 fully saturated rings. The fourth-order valence-corrected chi connectivity index (χ4v) is 1.52. The van der Waals surface area contributed by atoms with Crippen LogP contribution < -0.4 is 0 Å². The summed E-state index contributed by atoms with van der Waals surface area (Å²) in [5.74, 6) is -0.842. The lowest BCUT2D eigenvalue weighted by Gasteiger charge is -2.30. The largest absolute Gasteiger partial charge is 0.478 e. The minimum Gasteiger partial charge on any atom is -0.478 e. The summed E-state index contributed by atoms with van der Waals surface area (Å²) in [6, 6.07) is 0.176. The summed E-state index contributed by atoms with van der Waals surface area (Å²) in [6.07, 6.45) is 1.79. The van der Waals surface area contributed by atoms with E-state index in [1.54, 1.807) is 13.0 Å². The Balaban J connectivity index is 2.51. The highest BCUT2D eigenvalue weighted by molar-refractivity contribution is 5.85. The van der Waals surface area contributed by atoms with Crippen LogP contribution in [0.25, 0.3) is 0 Å². The van der Waals surface area contributed by atoms with Crippen molar-refractivity contribution in [2.45, 2.75) is 19.9 Å². The van der Waals surface area contributed by atoms with E-state index >= 15 is 0 Å². The maximum atomic E-state index is 10.6. The molecule has 0 bridgehead atoms. The van der Waals surface area contributed by atoms with Gasteiger partial charge in [-0.1, -0.05) is 6.08 Å². The first-order chi connectivity index (χ1) is 6.61. The Morgan fingerprint density at radius 1 is 1.50 bits per heavy atom. The maximum absolute atomic E-state index is 10.6. The minimum atomic E-state index is -0.842. The first kappa shape index (κ1) is 11.2. The Bertz CT molecular complexity index is 232. The molecule has 0 amide bonds. The molecule has 0 radical (unpaired) electrons. The summed E-state index contributed by atoms with van der Waals surface area (Å²) in [4.78, 5) is 12.8. The summed E-state index contributed by atoms with van der Waals surface area (Å²) < 4.78 is 5.22. The zero-order valence-corrected chi connectivity index (χ0v) is 8.69. The molecule has 0 saturated carbocycles. The van der Waals surface area contributed by atoms with Gasteiger partial charge in [-0.05, 0) is 13.8 Å².